The minimum atomic E-state index is -3.50. The molecule has 2 heterocycles. The van der Waals surface area contributed by atoms with Gasteiger partial charge >= 0.3 is 0 Å². The van der Waals surface area contributed by atoms with E-state index in [2.05, 4.69) is 9.97 Å². The van der Waals surface area contributed by atoms with Crippen LogP contribution in [0.2, 0.25) is 0 Å². The smallest absolute Gasteiger partial charge is 0.243 e. The van der Waals surface area contributed by atoms with Crippen molar-refractivity contribution in [1.29, 1.82) is 0 Å². The Morgan fingerprint density at radius 1 is 1.16 bits per heavy atom. The topological polar surface area (TPSA) is 81.6 Å². The molecule has 0 saturated carbocycles. The van der Waals surface area contributed by atoms with Crippen molar-refractivity contribution < 1.29 is 17.9 Å². The third-order valence-corrected chi connectivity index (χ3v) is 5.91. The molecule has 2 aromatic rings. The lowest BCUT2D eigenvalue weighted by Gasteiger charge is -2.31. The molecule has 134 valence electrons. The molecule has 0 bridgehead atoms. The molecule has 0 unspecified atom stereocenters. The first-order valence-corrected chi connectivity index (χ1v) is 9.69. The third-order valence-electron chi connectivity index (χ3n) is 4.00. The SMILES string of the molecule is CCOc1ccc(S(=O)(=O)N2CCC(Oc3cnccn3)CC2)cc1. The van der Waals surface area contributed by atoms with Crippen molar-refractivity contribution in [2.24, 2.45) is 0 Å². The van der Waals surface area contributed by atoms with E-state index in [1.54, 1.807) is 42.9 Å². The molecule has 1 aliphatic rings. The van der Waals surface area contributed by atoms with Gasteiger partial charge in [0.05, 0.1) is 17.7 Å². The predicted molar refractivity (Wildman–Crippen MR) is 92.1 cm³/mol. The van der Waals surface area contributed by atoms with E-state index in [9.17, 15) is 8.42 Å². The molecule has 25 heavy (non-hydrogen) atoms. The van der Waals surface area contributed by atoms with Crippen molar-refractivity contribution in [3.8, 4) is 11.6 Å². The van der Waals surface area contributed by atoms with Crippen LogP contribution in [0, 0.1) is 0 Å². The van der Waals surface area contributed by atoms with Crippen LogP contribution in [0.25, 0.3) is 0 Å². The van der Waals surface area contributed by atoms with Gasteiger partial charge in [-0.3, -0.25) is 4.98 Å². The molecule has 0 aliphatic carbocycles. The maximum Gasteiger partial charge on any atom is 0.243 e. The Hall–Kier alpha value is -2.19. The van der Waals surface area contributed by atoms with Gasteiger partial charge in [0.2, 0.25) is 15.9 Å². The van der Waals surface area contributed by atoms with Gasteiger partial charge in [-0.05, 0) is 44.0 Å². The maximum atomic E-state index is 12.7. The van der Waals surface area contributed by atoms with E-state index < -0.39 is 10.0 Å². The lowest BCUT2D eigenvalue weighted by molar-refractivity contribution is 0.129. The third kappa shape index (κ3) is 4.26. The second-order valence-corrected chi connectivity index (χ2v) is 7.61. The Labute approximate surface area is 147 Å². The van der Waals surface area contributed by atoms with Crippen LogP contribution < -0.4 is 9.47 Å². The van der Waals surface area contributed by atoms with E-state index in [4.69, 9.17) is 9.47 Å². The highest BCUT2D eigenvalue weighted by atomic mass is 32.2. The Morgan fingerprint density at radius 2 is 1.88 bits per heavy atom. The molecule has 1 aromatic heterocycles. The molecule has 8 heteroatoms. The molecule has 1 aliphatic heterocycles. The largest absolute Gasteiger partial charge is 0.494 e. The first-order valence-electron chi connectivity index (χ1n) is 8.25. The van der Waals surface area contributed by atoms with Crippen molar-refractivity contribution in [2.75, 3.05) is 19.7 Å². The molecule has 7 nitrogen and oxygen atoms in total. The number of piperidine rings is 1. The molecular weight excluding hydrogens is 342 g/mol. The van der Waals surface area contributed by atoms with Crippen LogP contribution >= 0.6 is 0 Å². The predicted octanol–water partition coefficient (Wildman–Crippen LogP) is 2.11. The summed E-state index contributed by atoms with van der Waals surface area (Å²) in [5, 5.41) is 0. The van der Waals surface area contributed by atoms with Crippen molar-refractivity contribution in [1.82, 2.24) is 14.3 Å². The van der Waals surface area contributed by atoms with Gasteiger partial charge in [-0.1, -0.05) is 0 Å². The van der Waals surface area contributed by atoms with Gasteiger partial charge in [0.25, 0.3) is 0 Å². The minimum absolute atomic E-state index is 0.0523. The Morgan fingerprint density at radius 3 is 2.48 bits per heavy atom. The zero-order chi connectivity index (χ0) is 17.7. The fourth-order valence-electron chi connectivity index (χ4n) is 2.73. The lowest BCUT2D eigenvalue weighted by atomic mass is 10.1. The van der Waals surface area contributed by atoms with Crippen molar-refractivity contribution >= 4 is 10.0 Å². The second kappa shape index (κ2) is 7.79. The summed E-state index contributed by atoms with van der Waals surface area (Å²) in [7, 11) is -3.50. The van der Waals surface area contributed by atoms with Gasteiger partial charge in [-0.15, -0.1) is 0 Å². The fourth-order valence-corrected chi connectivity index (χ4v) is 4.20. The number of aromatic nitrogens is 2. The zero-order valence-corrected chi connectivity index (χ0v) is 14.9. The normalized spacial score (nSPS) is 16.5. The van der Waals surface area contributed by atoms with Crippen molar-refractivity contribution in [3.63, 3.8) is 0 Å². The van der Waals surface area contributed by atoms with Crippen LogP contribution in [0.4, 0.5) is 0 Å². The molecule has 1 fully saturated rings. The quantitative estimate of drug-likeness (QED) is 0.782. The molecular formula is C17H21N3O4S. The Bertz CT molecular complexity index is 773. The first kappa shape index (κ1) is 17.6. The number of hydrogen-bond acceptors (Lipinski definition) is 6. The van der Waals surface area contributed by atoms with Gasteiger partial charge in [0.1, 0.15) is 11.9 Å². The molecule has 3 rings (SSSR count). The Balaban J connectivity index is 1.61. The van der Waals surface area contributed by atoms with Gasteiger partial charge in [0, 0.05) is 25.5 Å². The lowest BCUT2D eigenvalue weighted by Crippen LogP contribution is -2.41. The molecule has 1 aromatic carbocycles. The molecule has 0 amide bonds. The number of rotatable bonds is 6. The van der Waals surface area contributed by atoms with Crippen LogP contribution in [0.5, 0.6) is 11.6 Å². The number of nitrogens with zero attached hydrogens (tertiary/aromatic N) is 3. The standard InChI is InChI=1S/C17H21N3O4S/c1-2-23-14-3-5-16(6-4-14)25(21,22)20-11-7-15(8-12-20)24-17-13-18-9-10-19-17/h3-6,9-10,13,15H,2,7-8,11-12H2,1H3. The van der Waals surface area contributed by atoms with Crippen LogP contribution in [0.1, 0.15) is 19.8 Å². The number of hydrogen-bond donors (Lipinski definition) is 0. The van der Waals surface area contributed by atoms with E-state index in [0.29, 0.717) is 44.2 Å². The summed E-state index contributed by atoms with van der Waals surface area (Å²) in [5.41, 5.74) is 0. The summed E-state index contributed by atoms with van der Waals surface area (Å²) in [6, 6.07) is 6.53. The van der Waals surface area contributed by atoms with Gasteiger partial charge < -0.3 is 9.47 Å². The highest BCUT2D eigenvalue weighted by Crippen LogP contribution is 2.24. The average molecular weight is 363 g/mol. The van der Waals surface area contributed by atoms with E-state index in [-0.39, 0.29) is 11.0 Å². The second-order valence-electron chi connectivity index (χ2n) is 5.67. The van der Waals surface area contributed by atoms with Gasteiger partial charge in [0.15, 0.2) is 0 Å². The van der Waals surface area contributed by atoms with Crippen LogP contribution in [0.3, 0.4) is 0 Å². The van der Waals surface area contributed by atoms with E-state index in [1.807, 2.05) is 6.92 Å². The highest BCUT2D eigenvalue weighted by Gasteiger charge is 2.30. The monoisotopic (exact) mass is 363 g/mol. The number of benzene rings is 1. The summed E-state index contributed by atoms with van der Waals surface area (Å²) in [4.78, 5) is 8.33. The van der Waals surface area contributed by atoms with Gasteiger partial charge in [-0.25, -0.2) is 13.4 Å². The molecule has 0 spiro atoms. The molecule has 0 atom stereocenters. The summed E-state index contributed by atoms with van der Waals surface area (Å²) in [5.74, 6) is 1.13. The summed E-state index contributed by atoms with van der Waals surface area (Å²) in [6.45, 7) is 3.27. The zero-order valence-electron chi connectivity index (χ0n) is 14.0. The van der Waals surface area contributed by atoms with Crippen LogP contribution in [0.15, 0.2) is 47.8 Å². The first-order chi connectivity index (χ1) is 12.1. The molecule has 0 radical (unpaired) electrons. The van der Waals surface area contributed by atoms with Crippen LogP contribution in [-0.4, -0.2) is 48.5 Å². The number of ether oxygens (including phenoxy) is 2. The van der Waals surface area contributed by atoms with Gasteiger partial charge in [-0.2, -0.15) is 4.31 Å². The van der Waals surface area contributed by atoms with Crippen molar-refractivity contribution in [2.45, 2.75) is 30.8 Å². The highest BCUT2D eigenvalue weighted by molar-refractivity contribution is 7.89. The maximum absolute atomic E-state index is 12.7. The Kier molecular flexibility index (Phi) is 5.50. The summed E-state index contributed by atoms with van der Waals surface area (Å²) < 4.78 is 38.1. The van der Waals surface area contributed by atoms with E-state index in [0.717, 1.165) is 0 Å². The molecule has 0 N–H and O–H groups in total. The van der Waals surface area contributed by atoms with Crippen molar-refractivity contribution in [3.05, 3.63) is 42.9 Å². The van der Waals surface area contributed by atoms with E-state index >= 15 is 0 Å². The average Bonchev–Trinajstić information content (AvgIpc) is 2.64. The molecule has 1 saturated heterocycles. The summed E-state index contributed by atoms with van der Waals surface area (Å²) >= 11 is 0. The summed E-state index contributed by atoms with van der Waals surface area (Å²) in [6.07, 6.45) is 5.89. The van der Waals surface area contributed by atoms with Crippen LogP contribution in [-0.2, 0) is 10.0 Å². The fraction of sp³-hybridized carbons (Fsp3) is 0.412. The number of sulfonamides is 1. The van der Waals surface area contributed by atoms with E-state index in [1.165, 1.54) is 4.31 Å². The minimum Gasteiger partial charge on any atom is -0.494 e.